The van der Waals surface area contributed by atoms with Crippen molar-refractivity contribution in [3.63, 3.8) is 0 Å². The van der Waals surface area contributed by atoms with Crippen molar-refractivity contribution in [2.24, 2.45) is 0 Å². The van der Waals surface area contributed by atoms with Gasteiger partial charge in [-0.2, -0.15) is 15.0 Å². The SMILES string of the molecule is COc1nc2nc(N)nc(N)c2nc1OC. The molecule has 8 nitrogen and oxygen atoms in total. The average Bonchev–Trinajstić information content (AvgIpc) is 2.27. The van der Waals surface area contributed by atoms with Crippen LogP contribution >= 0.6 is 0 Å². The molecule has 0 saturated heterocycles. The summed E-state index contributed by atoms with van der Waals surface area (Å²) in [6, 6.07) is 0. The lowest BCUT2D eigenvalue weighted by Gasteiger charge is -2.07. The summed E-state index contributed by atoms with van der Waals surface area (Å²) in [5.74, 6) is 0.616. The number of anilines is 2. The molecule has 0 fully saturated rings. The van der Waals surface area contributed by atoms with E-state index in [1.165, 1.54) is 14.2 Å². The van der Waals surface area contributed by atoms with Crippen molar-refractivity contribution in [1.82, 2.24) is 19.9 Å². The topological polar surface area (TPSA) is 122 Å². The number of methoxy groups -OCH3 is 2. The van der Waals surface area contributed by atoms with Crippen LogP contribution < -0.4 is 20.9 Å². The van der Waals surface area contributed by atoms with Gasteiger partial charge in [-0.15, -0.1) is 0 Å². The first-order valence-electron chi connectivity index (χ1n) is 4.34. The van der Waals surface area contributed by atoms with E-state index in [0.29, 0.717) is 5.52 Å². The Kier molecular flexibility index (Phi) is 2.31. The third kappa shape index (κ3) is 1.49. The number of rotatable bonds is 2. The van der Waals surface area contributed by atoms with E-state index in [-0.39, 0.29) is 29.2 Å². The van der Waals surface area contributed by atoms with Crippen LogP contribution in [0.3, 0.4) is 0 Å². The summed E-state index contributed by atoms with van der Waals surface area (Å²) in [7, 11) is 2.90. The molecule has 0 aliphatic heterocycles. The number of nitrogens with two attached hydrogens (primary N) is 2. The first kappa shape index (κ1) is 10.1. The quantitative estimate of drug-likeness (QED) is 0.703. The van der Waals surface area contributed by atoms with Crippen molar-refractivity contribution >= 4 is 22.9 Å². The molecule has 0 bridgehead atoms. The maximum atomic E-state index is 5.64. The summed E-state index contributed by atoms with van der Waals surface area (Å²) in [6.45, 7) is 0. The number of fused-ring (bicyclic) bond motifs is 1. The molecule has 16 heavy (non-hydrogen) atoms. The summed E-state index contributed by atoms with van der Waals surface area (Å²) in [5, 5.41) is 0. The number of hydrogen-bond acceptors (Lipinski definition) is 8. The van der Waals surface area contributed by atoms with Gasteiger partial charge in [0.25, 0.3) is 11.8 Å². The number of aromatic nitrogens is 4. The second-order valence-electron chi connectivity index (χ2n) is 2.88. The monoisotopic (exact) mass is 222 g/mol. The summed E-state index contributed by atoms with van der Waals surface area (Å²) in [5.41, 5.74) is 11.7. The van der Waals surface area contributed by atoms with E-state index < -0.39 is 0 Å². The van der Waals surface area contributed by atoms with Crippen LogP contribution in [0.15, 0.2) is 0 Å². The standard InChI is InChI=1S/C8H10N6O2/c1-15-6-7(16-2)13-5-3(11-6)4(9)12-8(10)14-5/h1-2H3,(H4,9,10,12,13,14). The summed E-state index contributed by atoms with van der Waals surface area (Å²) in [4.78, 5) is 15.8. The molecule has 0 spiro atoms. The van der Waals surface area contributed by atoms with Crippen molar-refractivity contribution < 1.29 is 9.47 Å². The van der Waals surface area contributed by atoms with Gasteiger partial charge >= 0.3 is 0 Å². The van der Waals surface area contributed by atoms with Crippen molar-refractivity contribution in [3.8, 4) is 11.8 Å². The van der Waals surface area contributed by atoms with Gasteiger partial charge in [-0.05, 0) is 0 Å². The van der Waals surface area contributed by atoms with E-state index in [4.69, 9.17) is 20.9 Å². The van der Waals surface area contributed by atoms with Gasteiger partial charge in [0.05, 0.1) is 14.2 Å². The van der Waals surface area contributed by atoms with Crippen LogP contribution in [-0.2, 0) is 0 Å². The van der Waals surface area contributed by atoms with Crippen LogP contribution in [0, 0.1) is 0 Å². The van der Waals surface area contributed by atoms with Gasteiger partial charge in [-0.25, -0.2) is 4.98 Å². The third-order valence-corrected chi connectivity index (χ3v) is 1.90. The summed E-state index contributed by atoms with van der Waals surface area (Å²) >= 11 is 0. The highest BCUT2D eigenvalue weighted by Crippen LogP contribution is 2.26. The van der Waals surface area contributed by atoms with Gasteiger partial charge in [-0.1, -0.05) is 0 Å². The predicted molar refractivity (Wildman–Crippen MR) is 57.1 cm³/mol. The van der Waals surface area contributed by atoms with E-state index in [1.807, 2.05) is 0 Å². The number of ether oxygens (including phenoxy) is 2. The smallest absolute Gasteiger partial charge is 0.279 e. The fraction of sp³-hybridized carbons (Fsp3) is 0.250. The molecule has 2 aromatic heterocycles. The largest absolute Gasteiger partial charge is 0.477 e. The van der Waals surface area contributed by atoms with E-state index in [2.05, 4.69) is 19.9 Å². The number of hydrogen-bond donors (Lipinski definition) is 2. The maximum absolute atomic E-state index is 5.64. The lowest BCUT2D eigenvalue weighted by Crippen LogP contribution is -2.05. The Labute approximate surface area is 90.6 Å². The van der Waals surface area contributed by atoms with Crippen molar-refractivity contribution in [3.05, 3.63) is 0 Å². The Morgan fingerprint density at radius 3 is 2.12 bits per heavy atom. The van der Waals surface area contributed by atoms with Crippen LogP contribution in [0.5, 0.6) is 11.8 Å². The summed E-state index contributed by atoms with van der Waals surface area (Å²) in [6.07, 6.45) is 0. The fourth-order valence-electron chi connectivity index (χ4n) is 1.22. The van der Waals surface area contributed by atoms with Gasteiger partial charge < -0.3 is 20.9 Å². The Balaban J connectivity index is 2.78. The third-order valence-electron chi connectivity index (χ3n) is 1.90. The van der Waals surface area contributed by atoms with E-state index >= 15 is 0 Å². The highest BCUT2D eigenvalue weighted by molar-refractivity contribution is 5.82. The van der Waals surface area contributed by atoms with E-state index in [1.54, 1.807) is 0 Å². The van der Waals surface area contributed by atoms with Crippen LogP contribution in [0.2, 0.25) is 0 Å². The predicted octanol–water partition coefficient (Wildman–Crippen LogP) is -0.399. The lowest BCUT2D eigenvalue weighted by atomic mass is 10.4. The van der Waals surface area contributed by atoms with Gasteiger partial charge in [-0.3, -0.25) is 0 Å². The molecule has 0 atom stereocenters. The molecule has 0 aliphatic rings. The highest BCUT2D eigenvalue weighted by atomic mass is 16.5. The fourth-order valence-corrected chi connectivity index (χ4v) is 1.22. The zero-order valence-corrected chi connectivity index (χ0v) is 8.76. The minimum absolute atomic E-state index is 0.0338. The molecule has 4 N–H and O–H groups in total. The molecule has 0 radical (unpaired) electrons. The van der Waals surface area contributed by atoms with Gasteiger partial charge in [0, 0.05) is 0 Å². The molecule has 2 rings (SSSR count). The van der Waals surface area contributed by atoms with E-state index in [0.717, 1.165) is 0 Å². The molecule has 0 saturated carbocycles. The van der Waals surface area contributed by atoms with Crippen LogP contribution in [0.1, 0.15) is 0 Å². The molecule has 2 heterocycles. The minimum Gasteiger partial charge on any atom is -0.477 e. The second-order valence-corrected chi connectivity index (χ2v) is 2.88. The summed E-state index contributed by atoms with van der Waals surface area (Å²) < 4.78 is 9.97. The normalized spacial score (nSPS) is 10.4. The maximum Gasteiger partial charge on any atom is 0.279 e. The van der Waals surface area contributed by atoms with Crippen LogP contribution in [-0.4, -0.2) is 34.2 Å². The Morgan fingerprint density at radius 1 is 0.875 bits per heavy atom. The molecule has 84 valence electrons. The molecule has 0 unspecified atom stereocenters. The Morgan fingerprint density at radius 2 is 1.50 bits per heavy atom. The second kappa shape index (κ2) is 3.65. The van der Waals surface area contributed by atoms with Crippen LogP contribution in [0.25, 0.3) is 11.2 Å². The minimum atomic E-state index is 0.0338. The lowest BCUT2D eigenvalue weighted by molar-refractivity contribution is 0.334. The molecular formula is C8H10N6O2. The van der Waals surface area contributed by atoms with Crippen molar-refractivity contribution in [1.29, 1.82) is 0 Å². The first-order chi connectivity index (χ1) is 7.65. The van der Waals surface area contributed by atoms with E-state index in [9.17, 15) is 0 Å². The Bertz CT molecular complexity index is 544. The first-order valence-corrected chi connectivity index (χ1v) is 4.34. The molecule has 2 aromatic rings. The molecule has 0 amide bonds. The van der Waals surface area contributed by atoms with Gasteiger partial charge in [0.2, 0.25) is 5.95 Å². The van der Waals surface area contributed by atoms with Gasteiger partial charge in [0.15, 0.2) is 17.0 Å². The molecule has 8 heteroatoms. The highest BCUT2D eigenvalue weighted by Gasteiger charge is 2.13. The Hall–Kier alpha value is -2.38. The molecule has 0 aromatic carbocycles. The molecular weight excluding hydrogens is 212 g/mol. The van der Waals surface area contributed by atoms with Gasteiger partial charge in [0.1, 0.15) is 0 Å². The zero-order valence-electron chi connectivity index (χ0n) is 8.76. The average molecular weight is 222 g/mol. The number of nitrogen functional groups attached to an aromatic ring is 2. The van der Waals surface area contributed by atoms with Crippen molar-refractivity contribution in [2.45, 2.75) is 0 Å². The number of nitrogens with zero attached hydrogens (tertiary/aromatic N) is 4. The zero-order chi connectivity index (χ0) is 11.7. The van der Waals surface area contributed by atoms with Crippen LogP contribution in [0.4, 0.5) is 11.8 Å². The van der Waals surface area contributed by atoms with Crippen molar-refractivity contribution in [2.75, 3.05) is 25.7 Å². The molecule has 0 aliphatic carbocycles.